The molecule has 2 aromatic carbocycles. The molecule has 10 nitrogen and oxygen atoms in total. The second kappa shape index (κ2) is 8.21. The van der Waals surface area contributed by atoms with E-state index in [1.165, 1.54) is 11.9 Å². The summed E-state index contributed by atoms with van der Waals surface area (Å²) in [6.45, 7) is 4.04. The van der Waals surface area contributed by atoms with Gasteiger partial charge in [0.2, 0.25) is 0 Å². The van der Waals surface area contributed by atoms with Gasteiger partial charge in [-0.25, -0.2) is 9.97 Å². The Hall–Kier alpha value is -4.57. The molecule has 1 fully saturated rings. The lowest BCUT2D eigenvalue weighted by Crippen LogP contribution is -2.27. The van der Waals surface area contributed by atoms with Crippen molar-refractivity contribution in [1.82, 2.24) is 39.7 Å². The number of aryl methyl sites for hydroxylation is 1. The fourth-order valence-electron chi connectivity index (χ4n) is 6.01. The van der Waals surface area contributed by atoms with Crippen molar-refractivity contribution < 1.29 is 0 Å². The van der Waals surface area contributed by atoms with Crippen LogP contribution in [0.2, 0.25) is 5.02 Å². The van der Waals surface area contributed by atoms with Crippen LogP contribution in [0.1, 0.15) is 42.0 Å². The third kappa shape index (κ3) is 3.55. The number of nitrogens with zero attached hydrogens (tertiary/aromatic N) is 7. The maximum atomic E-state index is 13.6. The van der Waals surface area contributed by atoms with Crippen LogP contribution in [-0.4, -0.2) is 39.7 Å². The molecule has 2 aliphatic heterocycles. The van der Waals surface area contributed by atoms with E-state index in [0.29, 0.717) is 22.0 Å². The highest BCUT2D eigenvalue weighted by molar-refractivity contribution is 6.31. The summed E-state index contributed by atoms with van der Waals surface area (Å²) in [4.78, 5) is 26.8. The summed E-state index contributed by atoms with van der Waals surface area (Å²) in [7, 11) is 0. The van der Waals surface area contributed by atoms with Gasteiger partial charge in [-0.3, -0.25) is 9.36 Å². The molecule has 1 saturated carbocycles. The van der Waals surface area contributed by atoms with Gasteiger partial charge in [0.05, 0.1) is 29.3 Å². The van der Waals surface area contributed by atoms with E-state index in [-0.39, 0.29) is 23.4 Å². The quantitative estimate of drug-likeness (QED) is 0.347. The smallest absolute Gasteiger partial charge is 0.254 e. The lowest BCUT2D eigenvalue weighted by atomic mass is 9.98. The maximum absolute atomic E-state index is 13.6. The lowest BCUT2D eigenvalue weighted by molar-refractivity contribution is 0.510. The van der Waals surface area contributed by atoms with Crippen LogP contribution in [0.25, 0.3) is 28.2 Å². The van der Waals surface area contributed by atoms with Crippen LogP contribution in [0.15, 0.2) is 72.1 Å². The molecule has 8 rings (SSSR count). The lowest BCUT2D eigenvalue weighted by Gasteiger charge is -2.20. The normalized spacial score (nSPS) is 20.7. The SMILES string of the molecule is C=C1CCc2cc(-c3cnc(C4C5CC5c5nc(-c6cc(Cl)ccc6-n6cnnn6)cc(=O)n54)[nH]3)ccc2N1. The van der Waals surface area contributed by atoms with Crippen LogP contribution >= 0.6 is 11.6 Å². The molecule has 0 saturated heterocycles. The minimum Gasteiger partial charge on any atom is -0.359 e. The molecule has 3 atom stereocenters. The van der Waals surface area contributed by atoms with Crippen LogP contribution in [0.4, 0.5) is 5.69 Å². The summed E-state index contributed by atoms with van der Waals surface area (Å²) < 4.78 is 3.34. The molecular formula is C28H22ClN9O. The molecule has 3 unspecified atom stereocenters. The van der Waals surface area contributed by atoms with Gasteiger partial charge in [-0.1, -0.05) is 24.2 Å². The number of tetrazole rings is 1. The number of imidazole rings is 1. The van der Waals surface area contributed by atoms with Gasteiger partial charge in [0.1, 0.15) is 18.0 Å². The Kier molecular flexibility index (Phi) is 4.72. The van der Waals surface area contributed by atoms with E-state index >= 15 is 0 Å². The molecule has 0 spiro atoms. The Morgan fingerprint density at radius 1 is 1.10 bits per heavy atom. The van der Waals surface area contributed by atoms with Crippen LogP contribution in [0.3, 0.4) is 0 Å². The van der Waals surface area contributed by atoms with Gasteiger partial charge in [0, 0.05) is 34.0 Å². The third-order valence-electron chi connectivity index (χ3n) is 7.96. The summed E-state index contributed by atoms with van der Waals surface area (Å²) >= 11 is 6.33. The first-order valence-electron chi connectivity index (χ1n) is 12.8. The van der Waals surface area contributed by atoms with E-state index in [1.54, 1.807) is 27.4 Å². The fraction of sp³-hybridized carbons (Fsp3) is 0.214. The van der Waals surface area contributed by atoms with Gasteiger partial charge in [-0.15, -0.1) is 5.10 Å². The summed E-state index contributed by atoms with van der Waals surface area (Å²) in [5.74, 6) is 2.08. The van der Waals surface area contributed by atoms with Crippen molar-refractivity contribution in [3.63, 3.8) is 0 Å². The fourth-order valence-corrected chi connectivity index (χ4v) is 6.18. The van der Waals surface area contributed by atoms with Crippen molar-refractivity contribution in [1.29, 1.82) is 0 Å². The highest BCUT2D eigenvalue weighted by atomic mass is 35.5. The number of halogens is 1. The van der Waals surface area contributed by atoms with E-state index in [2.05, 4.69) is 50.6 Å². The zero-order chi connectivity index (χ0) is 26.2. The van der Waals surface area contributed by atoms with Gasteiger partial charge in [0.15, 0.2) is 0 Å². The van der Waals surface area contributed by atoms with Crippen molar-refractivity contribution in [2.24, 2.45) is 5.92 Å². The van der Waals surface area contributed by atoms with Crippen LogP contribution < -0.4 is 10.9 Å². The highest BCUT2D eigenvalue weighted by Crippen LogP contribution is 2.59. The van der Waals surface area contributed by atoms with E-state index in [4.69, 9.17) is 21.6 Å². The maximum Gasteiger partial charge on any atom is 0.254 e. The predicted molar refractivity (Wildman–Crippen MR) is 146 cm³/mol. The number of nitrogens with one attached hydrogen (secondary N) is 2. The number of aromatic amines is 1. The summed E-state index contributed by atoms with van der Waals surface area (Å²) in [6.07, 6.45) is 6.22. The number of H-pyrrole nitrogens is 1. The number of benzene rings is 2. The molecule has 3 aromatic heterocycles. The van der Waals surface area contributed by atoms with Gasteiger partial charge >= 0.3 is 0 Å². The number of rotatable bonds is 4. The zero-order valence-corrected chi connectivity index (χ0v) is 21.4. The van der Waals surface area contributed by atoms with E-state index in [1.807, 2.05) is 12.3 Å². The number of hydrogen-bond acceptors (Lipinski definition) is 7. The molecule has 5 heterocycles. The largest absolute Gasteiger partial charge is 0.359 e. The minimum atomic E-state index is -0.172. The number of anilines is 1. The van der Waals surface area contributed by atoms with E-state index in [9.17, 15) is 4.79 Å². The number of hydrogen-bond donors (Lipinski definition) is 2. The van der Waals surface area contributed by atoms with Crippen molar-refractivity contribution in [2.75, 3.05) is 5.32 Å². The monoisotopic (exact) mass is 535 g/mol. The molecule has 3 aliphatic rings. The van der Waals surface area contributed by atoms with E-state index in [0.717, 1.165) is 53.6 Å². The van der Waals surface area contributed by atoms with Crippen molar-refractivity contribution in [3.8, 4) is 28.2 Å². The van der Waals surface area contributed by atoms with Gasteiger partial charge in [-0.2, -0.15) is 4.68 Å². The average Bonchev–Trinajstić information content (AvgIpc) is 3.28. The first-order valence-corrected chi connectivity index (χ1v) is 13.2. The Morgan fingerprint density at radius 3 is 2.90 bits per heavy atom. The van der Waals surface area contributed by atoms with Crippen LogP contribution in [0.5, 0.6) is 0 Å². The molecule has 192 valence electrons. The van der Waals surface area contributed by atoms with Gasteiger partial charge in [0.25, 0.3) is 5.56 Å². The van der Waals surface area contributed by atoms with Crippen molar-refractivity contribution in [3.05, 3.63) is 99.9 Å². The second-order valence-electron chi connectivity index (χ2n) is 10.4. The van der Waals surface area contributed by atoms with E-state index < -0.39 is 0 Å². The number of allylic oxidation sites excluding steroid dienone is 1. The molecular weight excluding hydrogens is 514 g/mol. The molecule has 0 bridgehead atoms. The molecule has 0 radical (unpaired) electrons. The summed E-state index contributed by atoms with van der Waals surface area (Å²) in [6, 6.07) is 13.1. The molecule has 11 heteroatoms. The third-order valence-corrected chi connectivity index (χ3v) is 8.20. The summed E-state index contributed by atoms with van der Waals surface area (Å²) in [5.41, 5.74) is 7.25. The molecule has 0 amide bonds. The van der Waals surface area contributed by atoms with Gasteiger partial charge < -0.3 is 10.3 Å². The van der Waals surface area contributed by atoms with Crippen LogP contribution in [0, 0.1) is 5.92 Å². The highest BCUT2D eigenvalue weighted by Gasteiger charge is 2.55. The topological polar surface area (TPSA) is 119 Å². The first-order chi connectivity index (χ1) is 19.0. The predicted octanol–water partition coefficient (Wildman–Crippen LogP) is 4.51. The summed E-state index contributed by atoms with van der Waals surface area (Å²) in [5, 5.41) is 15.4. The van der Waals surface area contributed by atoms with Gasteiger partial charge in [-0.05, 0) is 77.1 Å². The second-order valence-corrected chi connectivity index (χ2v) is 10.8. The van der Waals surface area contributed by atoms with Crippen molar-refractivity contribution >= 4 is 17.3 Å². The number of aromatic nitrogens is 8. The molecule has 39 heavy (non-hydrogen) atoms. The number of fused-ring (bicyclic) bond motifs is 4. The Morgan fingerprint density at radius 2 is 2.03 bits per heavy atom. The van der Waals surface area contributed by atoms with Crippen molar-refractivity contribution in [2.45, 2.75) is 31.2 Å². The standard InChI is InChI=1S/C28H22ClN9O/c1-14-2-3-15-8-16(4-6-21(15)32-14)23-12-30-27(33-23)26-18-10-19(18)28-34-22(11-25(39)38(26)28)20-9-17(29)5-7-24(20)37-13-31-35-36-37/h4-9,11-13,18-19,26,32H,1-3,10H2,(H,30,33). The Bertz CT molecular complexity index is 1860. The molecule has 1 aliphatic carbocycles. The average molecular weight is 536 g/mol. The van der Waals surface area contributed by atoms with Crippen LogP contribution in [-0.2, 0) is 6.42 Å². The molecule has 2 N–H and O–H groups in total. The zero-order valence-electron chi connectivity index (χ0n) is 20.7. The Balaban J connectivity index is 1.17. The first kappa shape index (κ1) is 22.4. The minimum absolute atomic E-state index is 0.118. The Labute approximate surface area is 227 Å². The molecule has 5 aromatic rings.